The molecule has 1 aliphatic rings. The van der Waals surface area contributed by atoms with Crippen LogP contribution in [0.5, 0.6) is 0 Å². The Morgan fingerprint density at radius 3 is 3.04 bits per heavy atom. The van der Waals surface area contributed by atoms with E-state index in [4.69, 9.17) is 0 Å². The number of tetrazole rings is 1. The standard InChI is InChI=1S/C18H20N6OS/c1-13-10-14(6-7-15(13)24-12-20-21-22-24)19-11-18(25)23-8-2-4-16(23)17-5-3-9-26-17/h3,5-7,9-10,12,16,19H,2,4,8,11H2,1H3/t16-/m1/s1. The molecule has 0 saturated carbocycles. The third-order valence-corrected chi connectivity index (χ3v) is 5.65. The highest BCUT2D eigenvalue weighted by Crippen LogP contribution is 2.34. The lowest BCUT2D eigenvalue weighted by atomic mass is 10.1. The molecular formula is C18H20N6OS. The van der Waals surface area contributed by atoms with Crippen LogP contribution in [0, 0.1) is 6.92 Å². The van der Waals surface area contributed by atoms with Crippen LogP contribution in [-0.4, -0.2) is 44.1 Å². The zero-order valence-corrected chi connectivity index (χ0v) is 15.3. The van der Waals surface area contributed by atoms with Gasteiger partial charge in [-0.3, -0.25) is 4.79 Å². The minimum Gasteiger partial charge on any atom is -0.376 e. The maximum atomic E-state index is 12.7. The van der Waals surface area contributed by atoms with E-state index in [1.54, 1.807) is 22.3 Å². The number of carbonyl (C=O) groups excluding carboxylic acids is 1. The van der Waals surface area contributed by atoms with Crippen LogP contribution < -0.4 is 5.32 Å². The van der Waals surface area contributed by atoms with Crippen molar-refractivity contribution < 1.29 is 4.79 Å². The lowest BCUT2D eigenvalue weighted by Crippen LogP contribution is -2.34. The van der Waals surface area contributed by atoms with E-state index in [-0.39, 0.29) is 11.9 Å². The molecule has 2 aromatic heterocycles. The van der Waals surface area contributed by atoms with Crippen molar-refractivity contribution in [3.63, 3.8) is 0 Å². The van der Waals surface area contributed by atoms with Crippen molar-refractivity contribution in [3.8, 4) is 5.69 Å². The zero-order valence-electron chi connectivity index (χ0n) is 14.5. The van der Waals surface area contributed by atoms with Crippen molar-refractivity contribution in [2.24, 2.45) is 0 Å². The Bertz CT molecular complexity index is 877. The summed E-state index contributed by atoms with van der Waals surface area (Å²) in [6.45, 7) is 3.13. The van der Waals surface area contributed by atoms with Gasteiger partial charge in [0.1, 0.15) is 6.33 Å². The van der Waals surface area contributed by atoms with Crippen LogP contribution >= 0.6 is 11.3 Å². The summed E-state index contributed by atoms with van der Waals surface area (Å²) in [5, 5.41) is 16.6. The number of aryl methyl sites for hydroxylation is 1. The number of nitrogens with zero attached hydrogens (tertiary/aromatic N) is 5. The van der Waals surface area contributed by atoms with Crippen molar-refractivity contribution in [1.29, 1.82) is 0 Å². The van der Waals surface area contributed by atoms with Crippen molar-refractivity contribution >= 4 is 22.9 Å². The van der Waals surface area contributed by atoms with Crippen molar-refractivity contribution in [3.05, 3.63) is 52.5 Å². The minimum absolute atomic E-state index is 0.142. The molecule has 4 rings (SSSR count). The van der Waals surface area contributed by atoms with Crippen LogP contribution in [0.1, 0.15) is 29.3 Å². The van der Waals surface area contributed by atoms with Gasteiger partial charge in [-0.1, -0.05) is 6.07 Å². The fraction of sp³-hybridized carbons (Fsp3) is 0.333. The molecule has 134 valence electrons. The Balaban J connectivity index is 1.41. The molecule has 0 spiro atoms. The number of carbonyl (C=O) groups is 1. The fourth-order valence-electron chi connectivity index (χ4n) is 3.42. The largest absolute Gasteiger partial charge is 0.376 e. The topological polar surface area (TPSA) is 75.9 Å². The van der Waals surface area contributed by atoms with Gasteiger partial charge in [0, 0.05) is 17.1 Å². The number of hydrogen-bond donors (Lipinski definition) is 1. The molecule has 1 amide bonds. The van der Waals surface area contributed by atoms with Crippen LogP contribution in [-0.2, 0) is 4.79 Å². The number of anilines is 1. The molecule has 26 heavy (non-hydrogen) atoms. The van der Waals surface area contributed by atoms with Gasteiger partial charge in [-0.15, -0.1) is 16.4 Å². The molecule has 0 unspecified atom stereocenters. The van der Waals surface area contributed by atoms with Gasteiger partial charge in [0.25, 0.3) is 0 Å². The van der Waals surface area contributed by atoms with Gasteiger partial charge >= 0.3 is 0 Å². The SMILES string of the molecule is Cc1cc(NCC(=O)N2CCC[C@@H]2c2cccs2)ccc1-n1cnnn1. The predicted octanol–water partition coefficient (Wildman–Crippen LogP) is 2.81. The Kier molecular flexibility index (Phi) is 4.66. The van der Waals surface area contributed by atoms with Gasteiger partial charge < -0.3 is 10.2 Å². The number of benzene rings is 1. The number of hydrogen-bond acceptors (Lipinski definition) is 6. The highest BCUT2D eigenvalue weighted by Gasteiger charge is 2.30. The van der Waals surface area contributed by atoms with Crippen LogP contribution in [0.25, 0.3) is 5.69 Å². The molecule has 1 saturated heterocycles. The van der Waals surface area contributed by atoms with Crippen molar-refractivity contribution in [1.82, 2.24) is 25.1 Å². The Morgan fingerprint density at radius 2 is 2.31 bits per heavy atom. The van der Waals surface area contributed by atoms with Gasteiger partial charge in [-0.2, -0.15) is 0 Å². The minimum atomic E-state index is 0.142. The summed E-state index contributed by atoms with van der Waals surface area (Å²) in [5.74, 6) is 0.142. The van der Waals surface area contributed by atoms with E-state index in [1.807, 2.05) is 36.1 Å². The van der Waals surface area contributed by atoms with Crippen LogP contribution in [0.4, 0.5) is 5.69 Å². The first-order chi connectivity index (χ1) is 12.7. The lowest BCUT2D eigenvalue weighted by molar-refractivity contribution is -0.130. The highest BCUT2D eigenvalue weighted by atomic mass is 32.1. The molecule has 7 nitrogen and oxygen atoms in total. The normalized spacial score (nSPS) is 16.8. The zero-order chi connectivity index (χ0) is 17.9. The van der Waals surface area contributed by atoms with E-state index in [9.17, 15) is 4.79 Å². The van der Waals surface area contributed by atoms with Gasteiger partial charge in [0.05, 0.1) is 18.3 Å². The molecule has 1 aromatic carbocycles. The monoisotopic (exact) mass is 368 g/mol. The molecule has 1 fully saturated rings. The summed E-state index contributed by atoms with van der Waals surface area (Å²) < 4.78 is 1.63. The summed E-state index contributed by atoms with van der Waals surface area (Å²) in [5.41, 5.74) is 2.87. The van der Waals surface area contributed by atoms with Crippen LogP contribution in [0.15, 0.2) is 42.0 Å². The first-order valence-corrected chi connectivity index (χ1v) is 9.51. The van der Waals surface area contributed by atoms with E-state index < -0.39 is 0 Å². The molecule has 1 aliphatic heterocycles. The smallest absolute Gasteiger partial charge is 0.242 e. The summed E-state index contributed by atoms with van der Waals surface area (Å²) in [4.78, 5) is 16.0. The average Bonchev–Trinajstić information content (AvgIpc) is 3.41. The predicted molar refractivity (Wildman–Crippen MR) is 100 cm³/mol. The fourth-order valence-corrected chi connectivity index (χ4v) is 4.29. The Labute approximate surface area is 155 Å². The third-order valence-electron chi connectivity index (χ3n) is 4.68. The molecule has 0 aliphatic carbocycles. The van der Waals surface area contributed by atoms with Gasteiger partial charge in [0.15, 0.2) is 0 Å². The number of amides is 1. The van der Waals surface area contributed by atoms with Crippen LogP contribution in [0.2, 0.25) is 0 Å². The number of likely N-dealkylation sites (tertiary alicyclic amines) is 1. The Hall–Kier alpha value is -2.74. The van der Waals surface area contributed by atoms with Crippen molar-refractivity contribution in [2.75, 3.05) is 18.4 Å². The first-order valence-electron chi connectivity index (χ1n) is 8.63. The quantitative estimate of drug-likeness (QED) is 0.749. The van der Waals surface area contributed by atoms with E-state index in [0.717, 1.165) is 36.3 Å². The van der Waals surface area contributed by atoms with Crippen molar-refractivity contribution in [2.45, 2.75) is 25.8 Å². The molecule has 3 heterocycles. The second kappa shape index (κ2) is 7.25. The molecule has 8 heteroatoms. The van der Waals surface area contributed by atoms with E-state index in [1.165, 1.54) is 4.88 Å². The summed E-state index contributed by atoms with van der Waals surface area (Å²) in [6, 6.07) is 10.3. The number of aromatic nitrogens is 4. The highest BCUT2D eigenvalue weighted by molar-refractivity contribution is 7.10. The third kappa shape index (κ3) is 3.32. The Morgan fingerprint density at radius 1 is 1.38 bits per heavy atom. The number of rotatable bonds is 5. The summed E-state index contributed by atoms with van der Waals surface area (Å²) >= 11 is 1.73. The maximum absolute atomic E-state index is 12.7. The average molecular weight is 368 g/mol. The first kappa shape index (κ1) is 16.7. The van der Waals surface area contributed by atoms with E-state index in [2.05, 4.69) is 32.3 Å². The molecular weight excluding hydrogens is 348 g/mol. The lowest BCUT2D eigenvalue weighted by Gasteiger charge is -2.24. The molecule has 0 radical (unpaired) electrons. The van der Waals surface area contributed by atoms with Crippen LogP contribution in [0.3, 0.4) is 0 Å². The van der Waals surface area contributed by atoms with Gasteiger partial charge in [-0.25, -0.2) is 4.68 Å². The molecule has 1 atom stereocenters. The summed E-state index contributed by atoms with van der Waals surface area (Å²) in [7, 11) is 0. The summed E-state index contributed by atoms with van der Waals surface area (Å²) in [6.07, 6.45) is 3.68. The number of nitrogens with one attached hydrogen (secondary N) is 1. The van der Waals surface area contributed by atoms with E-state index >= 15 is 0 Å². The second-order valence-electron chi connectivity index (χ2n) is 6.37. The van der Waals surface area contributed by atoms with E-state index in [0.29, 0.717) is 6.54 Å². The van der Waals surface area contributed by atoms with Gasteiger partial charge in [0.2, 0.25) is 5.91 Å². The molecule has 1 N–H and O–H groups in total. The second-order valence-corrected chi connectivity index (χ2v) is 7.35. The molecule has 0 bridgehead atoms. The molecule has 3 aromatic rings. The number of thiophene rings is 1. The maximum Gasteiger partial charge on any atom is 0.242 e. The van der Waals surface area contributed by atoms with Gasteiger partial charge in [-0.05, 0) is 65.4 Å².